The molecule has 3 aromatic rings. The standard InChI is InChI=1S/C16H15ClN4/c17-13-9-5-4-8-12(13)15-19-16(21-20-15)14(18)10-11-6-2-1-3-7-11/h1-9,14H,10,18H2,(H,19,20,21)/t14-/m0/s1. The Bertz CT molecular complexity index is 724. The molecule has 0 amide bonds. The van der Waals surface area contributed by atoms with Crippen LogP contribution >= 0.6 is 11.6 Å². The maximum Gasteiger partial charge on any atom is 0.182 e. The monoisotopic (exact) mass is 298 g/mol. The minimum Gasteiger partial charge on any atom is -0.321 e. The summed E-state index contributed by atoms with van der Waals surface area (Å²) in [6, 6.07) is 17.3. The molecule has 3 N–H and O–H groups in total. The molecule has 106 valence electrons. The van der Waals surface area contributed by atoms with Crippen LogP contribution in [0, 0.1) is 0 Å². The Morgan fingerprint density at radius 1 is 1.05 bits per heavy atom. The van der Waals surface area contributed by atoms with Crippen molar-refractivity contribution < 1.29 is 0 Å². The average Bonchev–Trinajstić information content (AvgIpc) is 2.98. The molecular formula is C16H15ClN4. The highest BCUT2D eigenvalue weighted by molar-refractivity contribution is 6.33. The Morgan fingerprint density at radius 3 is 2.52 bits per heavy atom. The first kappa shape index (κ1) is 13.8. The van der Waals surface area contributed by atoms with Gasteiger partial charge in [-0.15, -0.1) is 0 Å². The van der Waals surface area contributed by atoms with Crippen molar-refractivity contribution in [2.75, 3.05) is 0 Å². The van der Waals surface area contributed by atoms with Crippen LogP contribution in [0.2, 0.25) is 5.02 Å². The van der Waals surface area contributed by atoms with E-state index < -0.39 is 0 Å². The molecule has 5 heteroatoms. The molecule has 0 bridgehead atoms. The number of rotatable bonds is 4. The minimum atomic E-state index is -0.226. The summed E-state index contributed by atoms with van der Waals surface area (Å²) in [5.41, 5.74) is 8.16. The second kappa shape index (κ2) is 6.08. The third-order valence-corrected chi connectivity index (χ3v) is 3.60. The highest BCUT2D eigenvalue weighted by atomic mass is 35.5. The predicted octanol–water partition coefficient (Wildman–Crippen LogP) is 3.37. The third kappa shape index (κ3) is 3.12. The van der Waals surface area contributed by atoms with E-state index in [2.05, 4.69) is 15.2 Å². The van der Waals surface area contributed by atoms with E-state index in [1.54, 1.807) is 0 Å². The van der Waals surface area contributed by atoms with Gasteiger partial charge >= 0.3 is 0 Å². The van der Waals surface area contributed by atoms with E-state index in [0.717, 1.165) is 5.56 Å². The van der Waals surface area contributed by atoms with Gasteiger partial charge in [-0.1, -0.05) is 54.1 Å². The molecule has 0 saturated carbocycles. The van der Waals surface area contributed by atoms with Crippen LogP contribution in [0.1, 0.15) is 17.4 Å². The fraction of sp³-hybridized carbons (Fsp3) is 0.125. The molecule has 0 fully saturated rings. The number of halogens is 1. The SMILES string of the molecule is N[C@@H](Cc1ccccc1)c1nc(-c2ccccc2Cl)n[nH]1. The van der Waals surface area contributed by atoms with E-state index in [4.69, 9.17) is 17.3 Å². The van der Waals surface area contributed by atoms with Crippen molar-refractivity contribution in [1.82, 2.24) is 15.2 Å². The van der Waals surface area contributed by atoms with Gasteiger partial charge in [0.05, 0.1) is 11.1 Å². The molecule has 4 nitrogen and oxygen atoms in total. The second-order valence-corrected chi connectivity index (χ2v) is 5.23. The van der Waals surface area contributed by atoms with Gasteiger partial charge in [0.25, 0.3) is 0 Å². The number of H-pyrrole nitrogens is 1. The van der Waals surface area contributed by atoms with Crippen LogP contribution in [0.25, 0.3) is 11.4 Å². The molecular weight excluding hydrogens is 284 g/mol. The number of nitrogens with one attached hydrogen (secondary N) is 1. The van der Waals surface area contributed by atoms with Gasteiger partial charge in [-0.3, -0.25) is 5.10 Å². The molecule has 0 aliphatic rings. The normalized spacial score (nSPS) is 12.3. The number of hydrogen-bond donors (Lipinski definition) is 2. The largest absolute Gasteiger partial charge is 0.321 e. The minimum absolute atomic E-state index is 0.226. The number of aromatic nitrogens is 3. The highest BCUT2D eigenvalue weighted by Gasteiger charge is 2.14. The van der Waals surface area contributed by atoms with Gasteiger partial charge in [-0.05, 0) is 24.1 Å². The van der Waals surface area contributed by atoms with Crippen molar-refractivity contribution in [3.63, 3.8) is 0 Å². The molecule has 0 saturated heterocycles. The Morgan fingerprint density at radius 2 is 1.76 bits per heavy atom. The smallest absolute Gasteiger partial charge is 0.182 e. The Hall–Kier alpha value is -2.17. The quantitative estimate of drug-likeness (QED) is 0.776. The summed E-state index contributed by atoms with van der Waals surface area (Å²) >= 11 is 6.15. The van der Waals surface area contributed by atoms with Crippen molar-refractivity contribution in [2.24, 2.45) is 5.73 Å². The van der Waals surface area contributed by atoms with Gasteiger partial charge in [0.2, 0.25) is 0 Å². The van der Waals surface area contributed by atoms with Gasteiger partial charge in [0, 0.05) is 5.56 Å². The van der Waals surface area contributed by atoms with Crippen LogP contribution in [-0.4, -0.2) is 15.2 Å². The molecule has 0 unspecified atom stereocenters. The lowest BCUT2D eigenvalue weighted by molar-refractivity contribution is 0.671. The molecule has 1 aromatic heterocycles. The molecule has 0 radical (unpaired) electrons. The second-order valence-electron chi connectivity index (χ2n) is 4.82. The van der Waals surface area contributed by atoms with Crippen LogP contribution in [0.4, 0.5) is 0 Å². The number of nitrogens with two attached hydrogens (primary N) is 1. The van der Waals surface area contributed by atoms with Crippen molar-refractivity contribution in [1.29, 1.82) is 0 Å². The van der Waals surface area contributed by atoms with Gasteiger partial charge in [0.1, 0.15) is 5.82 Å². The molecule has 1 atom stereocenters. The average molecular weight is 299 g/mol. The number of hydrogen-bond acceptors (Lipinski definition) is 3. The van der Waals surface area contributed by atoms with Crippen LogP contribution in [0.15, 0.2) is 54.6 Å². The van der Waals surface area contributed by atoms with E-state index in [-0.39, 0.29) is 6.04 Å². The molecule has 1 heterocycles. The van der Waals surface area contributed by atoms with E-state index >= 15 is 0 Å². The molecule has 3 rings (SSSR count). The van der Waals surface area contributed by atoms with E-state index in [1.807, 2.05) is 54.6 Å². The summed E-state index contributed by atoms with van der Waals surface area (Å²) < 4.78 is 0. The fourth-order valence-electron chi connectivity index (χ4n) is 2.17. The Balaban J connectivity index is 1.80. The summed E-state index contributed by atoms with van der Waals surface area (Å²) in [7, 11) is 0. The van der Waals surface area contributed by atoms with E-state index in [0.29, 0.717) is 23.1 Å². The number of benzene rings is 2. The first-order chi connectivity index (χ1) is 10.2. The van der Waals surface area contributed by atoms with Crippen molar-refractivity contribution >= 4 is 11.6 Å². The molecule has 0 aliphatic carbocycles. The molecule has 0 spiro atoms. The molecule has 2 aromatic carbocycles. The maximum atomic E-state index is 6.19. The molecule has 21 heavy (non-hydrogen) atoms. The first-order valence-electron chi connectivity index (χ1n) is 6.71. The van der Waals surface area contributed by atoms with Gasteiger partial charge < -0.3 is 5.73 Å². The summed E-state index contributed by atoms with van der Waals surface area (Å²) in [4.78, 5) is 4.46. The topological polar surface area (TPSA) is 67.6 Å². The van der Waals surface area contributed by atoms with Crippen LogP contribution in [0.5, 0.6) is 0 Å². The summed E-state index contributed by atoms with van der Waals surface area (Å²) in [5, 5.41) is 7.74. The predicted molar refractivity (Wildman–Crippen MR) is 83.9 cm³/mol. The van der Waals surface area contributed by atoms with Gasteiger partial charge in [-0.25, -0.2) is 4.98 Å². The van der Waals surface area contributed by atoms with Crippen molar-refractivity contribution in [3.8, 4) is 11.4 Å². The number of nitrogens with zero attached hydrogens (tertiary/aromatic N) is 2. The highest BCUT2D eigenvalue weighted by Crippen LogP contribution is 2.25. The summed E-state index contributed by atoms with van der Waals surface area (Å²) in [5.74, 6) is 1.23. The van der Waals surface area contributed by atoms with Crippen LogP contribution < -0.4 is 5.73 Å². The Kier molecular flexibility index (Phi) is 3.99. The molecule has 0 aliphatic heterocycles. The van der Waals surface area contributed by atoms with Gasteiger partial charge in [-0.2, -0.15) is 5.10 Å². The Labute approximate surface area is 128 Å². The summed E-state index contributed by atoms with van der Waals surface area (Å²) in [6.45, 7) is 0. The van der Waals surface area contributed by atoms with Crippen LogP contribution in [-0.2, 0) is 6.42 Å². The lowest BCUT2D eigenvalue weighted by Gasteiger charge is -2.07. The summed E-state index contributed by atoms with van der Waals surface area (Å²) in [6.07, 6.45) is 0.706. The van der Waals surface area contributed by atoms with E-state index in [1.165, 1.54) is 5.56 Å². The zero-order valence-corrected chi connectivity index (χ0v) is 12.1. The van der Waals surface area contributed by atoms with Gasteiger partial charge in [0.15, 0.2) is 5.82 Å². The van der Waals surface area contributed by atoms with Crippen molar-refractivity contribution in [2.45, 2.75) is 12.5 Å². The zero-order valence-electron chi connectivity index (χ0n) is 11.3. The maximum absolute atomic E-state index is 6.19. The fourth-order valence-corrected chi connectivity index (χ4v) is 2.39. The van der Waals surface area contributed by atoms with Crippen molar-refractivity contribution in [3.05, 3.63) is 71.0 Å². The third-order valence-electron chi connectivity index (χ3n) is 3.27. The first-order valence-corrected chi connectivity index (χ1v) is 7.08. The van der Waals surface area contributed by atoms with Crippen LogP contribution in [0.3, 0.4) is 0 Å². The lowest BCUT2D eigenvalue weighted by Crippen LogP contribution is -2.15. The zero-order chi connectivity index (χ0) is 14.7. The number of aromatic amines is 1. The van der Waals surface area contributed by atoms with E-state index in [9.17, 15) is 0 Å². The lowest BCUT2D eigenvalue weighted by atomic mass is 10.1.